The first-order valence-electron chi connectivity index (χ1n) is 8.92. The molecule has 1 fully saturated rings. The van der Waals surface area contributed by atoms with Gasteiger partial charge in [0.1, 0.15) is 11.5 Å². The molecule has 2 aliphatic rings. The van der Waals surface area contributed by atoms with Gasteiger partial charge in [-0.1, -0.05) is 25.0 Å². The Labute approximate surface area is 142 Å². The highest BCUT2D eigenvalue weighted by atomic mass is 16.3. The Morgan fingerprint density at radius 1 is 0.917 bits per heavy atom. The second-order valence-corrected chi connectivity index (χ2v) is 7.29. The molecule has 3 nitrogen and oxygen atoms in total. The van der Waals surface area contributed by atoms with Gasteiger partial charge < -0.3 is 15.3 Å². The average molecular weight is 324 g/mol. The van der Waals surface area contributed by atoms with Crippen molar-refractivity contribution in [2.75, 3.05) is 0 Å². The Balaban J connectivity index is 1.79. The van der Waals surface area contributed by atoms with E-state index in [1.54, 1.807) is 12.1 Å². The zero-order valence-electron chi connectivity index (χ0n) is 13.8. The van der Waals surface area contributed by atoms with Crippen LogP contribution < -0.4 is 0 Å². The average Bonchev–Trinajstić information content (AvgIpc) is 2.61. The highest BCUT2D eigenvalue weighted by Crippen LogP contribution is 2.52. The molecular weight excluding hydrogens is 300 g/mol. The fraction of sp³-hybridized carbons (Fsp3) is 0.429. The number of phenolic OH excluding ortho intramolecular Hbond substituents is 1. The van der Waals surface area contributed by atoms with E-state index in [0.717, 1.165) is 6.42 Å². The Bertz CT molecular complexity index is 735. The molecule has 3 atom stereocenters. The molecule has 0 heterocycles. The van der Waals surface area contributed by atoms with Gasteiger partial charge in [-0.15, -0.1) is 0 Å². The topological polar surface area (TPSA) is 60.7 Å². The van der Waals surface area contributed by atoms with Crippen molar-refractivity contribution in [3.63, 3.8) is 0 Å². The third-order valence-corrected chi connectivity index (χ3v) is 6.01. The van der Waals surface area contributed by atoms with Gasteiger partial charge in [-0.2, -0.15) is 0 Å². The fourth-order valence-corrected chi connectivity index (χ4v) is 4.85. The number of hydrogen-bond donors (Lipinski definition) is 3. The molecule has 1 saturated carbocycles. The van der Waals surface area contributed by atoms with Crippen molar-refractivity contribution in [3.8, 4) is 11.5 Å². The van der Waals surface area contributed by atoms with Crippen molar-refractivity contribution >= 4 is 0 Å². The summed E-state index contributed by atoms with van der Waals surface area (Å²) < 4.78 is 0. The van der Waals surface area contributed by atoms with Crippen LogP contribution in [0.5, 0.6) is 11.5 Å². The molecule has 4 rings (SSSR count). The first-order valence-corrected chi connectivity index (χ1v) is 8.92. The van der Waals surface area contributed by atoms with Crippen LogP contribution in [0.2, 0.25) is 0 Å². The van der Waals surface area contributed by atoms with Gasteiger partial charge in [-0.25, -0.2) is 0 Å². The Morgan fingerprint density at radius 3 is 2.42 bits per heavy atom. The predicted octanol–water partition coefficient (Wildman–Crippen LogP) is 4.20. The maximum absolute atomic E-state index is 10.2. The largest absolute Gasteiger partial charge is 0.508 e. The smallest absolute Gasteiger partial charge is 0.121 e. The van der Waals surface area contributed by atoms with Gasteiger partial charge in [-0.05, 0) is 78.0 Å². The number of aromatic hydroxyl groups is 2. The van der Waals surface area contributed by atoms with E-state index < -0.39 is 0 Å². The molecular formula is C21H24O3. The third kappa shape index (κ3) is 2.57. The minimum absolute atomic E-state index is 0.128. The number of aliphatic hydroxyl groups excluding tert-OH is 1. The van der Waals surface area contributed by atoms with E-state index in [1.807, 2.05) is 24.3 Å². The van der Waals surface area contributed by atoms with Gasteiger partial charge in [0.25, 0.3) is 0 Å². The van der Waals surface area contributed by atoms with Crippen LogP contribution in [0.3, 0.4) is 0 Å². The third-order valence-electron chi connectivity index (χ3n) is 6.01. The predicted molar refractivity (Wildman–Crippen MR) is 93.3 cm³/mol. The summed E-state index contributed by atoms with van der Waals surface area (Å²) in [5.41, 5.74) is 4.45. The van der Waals surface area contributed by atoms with E-state index in [0.29, 0.717) is 29.1 Å². The van der Waals surface area contributed by atoms with Crippen LogP contribution in [0.1, 0.15) is 59.8 Å². The van der Waals surface area contributed by atoms with Crippen LogP contribution in [0.25, 0.3) is 0 Å². The molecule has 2 aliphatic carbocycles. The second-order valence-electron chi connectivity index (χ2n) is 7.29. The minimum Gasteiger partial charge on any atom is -0.508 e. The molecule has 2 aromatic rings. The summed E-state index contributed by atoms with van der Waals surface area (Å²) in [4.78, 5) is 0. The lowest BCUT2D eigenvalue weighted by molar-refractivity contribution is 0.241. The van der Waals surface area contributed by atoms with E-state index in [2.05, 4.69) is 0 Å². The van der Waals surface area contributed by atoms with Crippen LogP contribution >= 0.6 is 0 Å². The van der Waals surface area contributed by atoms with Crippen molar-refractivity contribution in [3.05, 3.63) is 58.7 Å². The second kappa shape index (κ2) is 6.14. The molecule has 24 heavy (non-hydrogen) atoms. The number of benzene rings is 2. The van der Waals surface area contributed by atoms with Crippen LogP contribution in [0.15, 0.2) is 36.4 Å². The van der Waals surface area contributed by atoms with E-state index in [1.165, 1.54) is 42.4 Å². The van der Waals surface area contributed by atoms with Crippen LogP contribution in [-0.4, -0.2) is 15.3 Å². The number of hydrogen-bond acceptors (Lipinski definition) is 3. The van der Waals surface area contributed by atoms with E-state index >= 15 is 0 Å². The molecule has 0 radical (unpaired) electrons. The van der Waals surface area contributed by atoms with Crippen molar-refractivity contribution in [1.82, 2.24) is 0 Å². The zero-order chi connectivity index (χ0) is 16.7. The summed E-state index contributed by atoms with van der Waals surface area (Å²) in [5, 5.41) is 29.2. The number of aliphatic hydroxyl groups is 1. The lowest BCUT2D eigenvalue weighted by Gasteiger charge is -2.43. The van der Waals surface area contributed by atoms with E-state index in [4.69, 9.17) is 0 Å². The van der Waals surface area contributed by atoms with Crippen LogP contribution in [0.4, 0.5) is 0 Å². The molecule has 0 amide bonds. The lowest BCUT2D eigenvalue weighted by atomic mass is 9.61. The summed E-state index contributed by atoms with van der Waals surface area (Å²) in [6.45, 7) is -0.128. The Morgan fingerprint density at radius 2 is 1.67 bits per heavy atom. The highest BCUT2D eigenvalue weighted by molar-refractivity contribution is 5.47. The SMILES string of the molecule is OCc1cc2c(cc1O)[C@@H]1CCCC[C@@H]1[C@H](c1ccc(O)cc1)C2. The van der Waals surface area contributed by atoms with E-state index in [-0.39, 0.29) is 12.4 Å². The summed E-state index contributed by atoms with van der Waals surface area (Å²) >= 11 is 0. The highest BCUT2D eigenvalue weighted by Gasteiger charge is 2.39. The van der Waals surface area contributed by atoms with Gasteiger partial charge in [0.2, 0.25) is 0 Å². The molecule has 0 aromatic heterocycles. The zero-order valence-corrected chi connectivity index (χ0v) is 13.8. The molecule has 3 N–H and O–H groups in total. The maximum atomic E-state index is 10.2. The standard InChI is InChI=1S/C21H24O3/c22-12-15-9-14-10-19(13-5-7-16(23)8-6-13)17-3-1-2-4-18(17)20(14)11-21(15)24/h5-9,11,17-19,22-24H,1-4,10,12H2/t17-,18+,19-/m0/s1. The number of phenols is 2. The van der Waals surface area contributed by atoms with Gasteiger partial charge in [0, 0.05) is 5.56 Å². The summed E-state index contributed by atoms with van der Waals surface area (Å²) in [6, 6.07) is 11.5. The summed E-state index contributed by atoms with van der Waals surface area (Å²) in [6.07, 6.45) is 5.84. The van der Waals surface area contributed by atoms with Gasteiger partial charge in [0.05, 0.1) is 6.61 Å². The monoisotopic (exact) mass is 324 g/mol. The number of fused-ring (bicyclic) bond motifs is 3. The first-order chi connectivity index (χ1) is 11.7. The minimum atomic E-state index is -0.128. The molecule has 126 valence electrons. The molecule has 0 saturated heterocycles. The van der Waals surface area contributed by atoms with Crippen LogP contribution in [-0.2, 0) is 13.0 Å². The fourth-order valence-electron chi connectivity index (χ4n) is 4.85. The van der Waals surface area contributed by atoms with Crippen molar-refractivity contribution in [1.29, 1.82) is 0 Å². The van der Waals surface area contributed by atoms with Gasteiger partial charge in [0.15, 0.2) is 0 Å². The van der Waals surface area contributed by atoms with Gasteiger partial charge in [-0.3, -0.25) is 0 Å². The van der Waals surface area contributed by atoms with Gasteiger partial charge >= 0.3 is 0 Å². The maximum Gasteiger partial charge on any atom is 0.121 e. The van der Waals surface area contributed by atoms with Crippen LogP contribution in [0, 0.1) is 5.92 Å². The molecule has 0 spiro atoms. The van der Waals surface area contributed by atoms with Crippen molar-refractivity contribution in [2.24, 2.45) is 5.92 Å². The molecule has 0 bridgehead atoms. The Kier molecular flexibility index (Phi) is 3.97. The normalized spacial score (nSPS) is 25.8. The first kappa shape index (κ1) is 15.5. The quantitative estimate of drug-likeness (QED) is 0.776. The molecule has 0 aliphatic heterocycles. The Hall–Kier alpha value is -2.00. The number of rotatable bonds is 2. The molecule has 3 heteroatoms. The summed E-state index contributed by atoms with van der Waals surface area (Å²) in [5.74, 6) is 2.06. The molecule has 2 aromatic carbocycles. The van der Waals surface area contributed by atoms with E-state index in [9.17, 15) is 15.3 Å². The molecule has 0 unspecified atom stereocenters. The summed E-state index contributed by atoms with van der Waals surface area (Å²) in [7, 11) is 0. The van der Waals surface area contributed by atoms with Crippen molar-refractivity contribution < 1.29 is 15.3 Å². The van der Waals surface area contributed by atoms with Crippen molar-refractivity contribution in [2.45, 2.75) is 50.5 Å². The lowest BCUT2D eigenvalue weighted by Crippen LogP contribution is -2.31.